The minimum Gasteiger partial charge on any atom is -0.507 e. The highest BCUT2D eigenvalue weighted by molar-refractivity contribution is 5.93. The van der Waals surface area contributed by atoms with Gasteiger partial charge < -0.3 is 30.3 Å². The Balaban J connectivity index is 0.000000252. The minimum atomic E-state index is -1.35. The summed E-state index contributed by atoms with van der Waals surface area (Å²) in [4.78, 5) is 41.7. The summed E-state index contributed by atoms with van der Waals surface area (Å²) in [5, 5.41) is 43.3. The fourth-order valence-corrected chi connectivity index (χ4v) is 2.22. The third-order valence-corrected chi connectivity index (χ3v) is 3.63. The van der Waals surface area contributed by atoms with E-state index in [0.29, 0.717) is 5.56 Å². The van der Waals surface area contributed by atoms with Gasteiger partial charge in [-0.3, -0.25) is 4.79 Å². The van der Waals surface area contributed by atoms with Gasteiger partial charge in [0.15, 0.2) is 0 Å². The smallest absolute Gasteiger partial charge is 0.343 e. The summed E-state index contributed by atoms with van der Waals surface area (Å²) < 4.78 is 4.69. The average Bonchev–Trinajstić information content (AvgIpc) is 2.75. The summed E-state index contributed by atoms with van der Waals surface area (Å²) in [6, 6.07) is 18.0. The molecule has 10 nitrogen and oxygen atoms in total. The van der Waals surface area contributed by atoms with E-state index in [1.165, 1.54) is 37.3 Å². The fourth-order valence-electron chi connectivity index (χ4n) is 2.22. The first-order chi connectivity index (χ1) is 15.5. The van der Waals surface area contributed by atoms with Crippen LogP contribution in [-0.2, 0) is 4.79 Å². The maximum atomic E-state index is 10.6. The van der Waals surface area contributed by atoms with Crippen molar-refractivity contribution in [3.8, 4) is 17.2 Å². The van der Waals surface area contributed by atoms with E-state index < -0.39 is 40.9 Å². The highest BCUT2D eigenvalue weighted by Gasteiger charge is 2.13. The number of aromatic carboxylic acids is 3. The van der Waals surface area contributed by atoms with Gasteiger partial charge >= 0.3 is 23.9 Å². The van der Waals surface area contributed by atoms with Gasteiger partial charge in [-0.1, -0.05) is 36.4 Å². The number of carboxylic acids is 3. The number of aromatic hydroxyl groups is 2. The molecule has 0 aliphatic heterocycles. The second kappa shape index (κ2) is 12.7. The number of phenols is 2. The lowest BCUT2D eigenvalue weighted by molar-refractivity contribution is -0.131. The second-order valence-electron chi connectivity index (χ2n) is 6.04. The average molecular weight is 456 g/mol. The number of rotatable bonds is 4. The third-order valence-electron chi connectivity index (χ3n) is 3.63. The van der Waals surface area contributed by atoms with Gasteiger partial charge in [-0.15, -0.1) is 0 Å². The molecule has 0 bridgehead atoms. The van der Waals surface area contributed by atoms with Crippen LogP contribution in [0.15, 0.2) is 72.8 Å². The zero-order valence-corrected chi connectivity index (χ0v) is 17.2. The molecule has 3 aromatic rings. The van der Waals surface area contributed by atoms with Gasteiger partial charge in [-0.05, 0) is 36.4 Å². The molecule has 0 amide bonds. The van der Waals surface area contributed by atoms with Crippen molar-refractivity contribution >= 4 is 23.9 Å². The first kappa shape index (κ1) is 26.2. The number of carbonyl (C=O) groups is 4. The molecule has 0 aliphatic rings. The molecule has 0 radical (unpaired) electrons. The molecular weight excluding hydrogens is 436 g/mol. The Morgan fingerprint density at radius 2 is 1.15 bits per heavy atom. The first-order valence-electron chi connectivity index (χ1n) is 9.07. The predicted octanol–water partition coefficient (Wildman–Crippen LogP) is 3.49. The minimum absolute atomic E-state index is 0.0160. The first-order valence-corrected chi connectivity index (χ1v) is 9.07. The summed E-state index contributed by atoms with van der Waals surface area (Å²) in [6.45, 7) is 1.22. The van der Waals surface area contributed by atoms with Crippen molar-refractivity contribution in [2.45, 2.75) is 6.92 Å². The molecule has 5 N–H and O–H groups in total. The zero-order chi connectivity index (χ0) is 25.0. The Morgan fingerprint density at radius 1 is 0.636 bits per heavy atom. The number of hydrogen-bond donors (Lipinski definition) is 5. The van der Waals surface area contributed by atoms with Gasteiger partial charge in [-0.25, -0.2) is 14.4 Å². The highest BCUT2D eigenvalue weighted by atomic mass is 16.5. The van der Waals surface area contributed by atoms with Crippen molar-refractivity contribution in [3.05, 3.63) is 89.5 Å². The maximum Gasteiger partial charge on any atom is 0.343 e. The molecule has 172 valence electrons. The molecule has 0 saturated carbocycles. The zero-order valence-electron chi connectivity index (χ0n) is 17.2. The van der Waals surface area contributed by atoms with Crippen molar-refractivity contribution in [2.24, 2.45) is 0 Å². The lowest BCUT2D eigenvalue weighted by Gasteiger charge is -2.03. The van der Waals surface area contributed by atoms with E-state index >= 15 is 0 Å². The van der Waals surface area contributed by atoms with Crippen molar-refractivity contribution in [2.75, 3.05) is 0 Å². The van der Waals surface area contributed by atoms with E-state index in [2.05, 4.69) is 4.74 Å². The van der Waals surface area contributed by atoms with E-state index in [4.69, 9.17) is 25.5 Å². The highest BCUT2D eigenvalue weighted by Crippen LogP contribution is 2.25. The molecule has 33 heavy (non-hydrogen) atoms. The van der Waals surface area contributed by atoms with Gasteiger partial charge in [0.1, 0.15) is 28.4 Å². The molecule has 0 heterocycles. The molecular formula is C23H20O10. The topological polar surface area (TPSA) is 179 Å². The molecule has 0 unspecified atom stereocenters. The van der Waals surface area contributed by atoms with Gasteiger partial charge in [0.05, 0.1) is 5.56 Å². The van der Waals surface area contributed by atoms with Crippen molar-refractivity contribution in [1.29, 1.82) is 0 Å². The standard InChI is InChI=1S/C9H8O4.C7H6O4.C7H6O2/c1-6(10)13-8-5-3-2-4-7(8)9(11)12;8-4-2-1-3-5(9)6(4)7(10)11;8-7(9)6-4-2-1-3-5-6/h2-5H,1H3,(H,11,12);1-3,8-9H,(H,10,11);1-5H,(H,8,9). The molecule has 0 aliphatic carbocycles. The third kappa shape index (κ3) is 8.80. The van der Waals surface area contributed by atoms with Crippen LogP contribution in [0.4, 0.5) is 0 Å². The lowest BCUT2D eigenvalue weighted by Crippen LogP contribution is -2.06. The number of benzene rings is 3. The second-order valence-corrected chi connectivity index (χ2v) is 6.04. The van der Waals surface area contributed by atoms with E-state index in [0.717, 1.165) is 0 Å². The molecule has 3 aromatic carbocycles. The van der Waals surface area contributed by atoms with E-state index in [9.17, 15) is 19.2 Å². The number of carbonyl (C=O) groups excluding carboxylic acids is 1. The van der Waals surface area contributed by atoms with Crippen LogP contribution in [0.5, 0.6) is 17.2 Å². The number of esters is 1. The van der Waals surface area contributed by atoms with Gasteiger partial charge in [0.25, 0.3) is 0 Å². The van der Waals surface area contributed by atoms with Crippen LogP contribution in [0.25, 0.3) is 0 Å². The van der Waals surface area contributed by atoms with Crippen LogP contribution in [-0.4, -0.2) is 49.4 Å². The van der Waals surface area contributed by atoms with Crippen molar-refractivity contribution < 1.29 is 49.4 Å². The Labute approximate surface area is 187 Å². The number of hydrogen-bond acceptors (Lipinski definition) is 7. The normalized spacial score (nSPS) is 9.24. The lowest BCUT2D eigenvalue weighted by atomic mass is 10.2. The van der Waals surface area contributed by atoms with Crippen LogP contribution in [0.2, 0.25) is 0 Å². The molecule has 0 spiro atoms. The number of carboxylic acid groups (broad SMARTS) is 3. The number of ether oxygens (including phenoxy) is 1. The molecule has 0 saturated heterocycles. The maximum absolute atomic E-state index is 10.6. The SMILES string of the molecule is CC(=O)Oc1ccccc1C(=O)O.O=C(O)c1c(O)cccc1O.O=C(O)c1ccccc1. The summed E-state index contributed by atoms with van der Waals surface area (Å²) in [5.41, 5.74) is -0.150. The van der Waals surface area contributed by atoms with Gasteiger partial charge in [-0.2, -0.15) is 0 Å². The van der Waals surface area contributed by atoms with Gasteiger partial charge in [0.2, 0.25) is 0 Å². The molecule has 0 atom stereocenters. The Kier molecular flexibility index (Phi) is 10.1. The van der Waals surface area contributed by atoms with Crippen LogP contribution in [0, 0.1) is 0 Å². The summed E-state index contributed by atoms with van der Waals surface area (Å²) in [5.74, 6) is -4.67. The Bertz CT molecular complexity index is 1100. The molecule has 0 fully saturated rings. The van der Waals surface area contributed by atoms with Crippen LogP contribution < -0.4 is 4.74 Å². The molecule has 10 heteroatoms. The van der Waals surface area contributed by atoms with E-state index in [-0.39, 0.29) is 11.3 Å². The Morgan fingerprint density at radius 3 is 1.55 bits per heavy atom. The van der Waals surface area contributed by atoms with Crippen LogP contribution >= 0.6 is 0 Å². The largest absolute Gasteiger partial charge is 0.507 e. The van der Waals surface area contributed by atoms with Crippen molar-refractivity contribution in [3.63, 3.8) is 0 Å². The van der Waals surface area contributed by atoms with Crippen LogP contribution in [0.3, 0.4) is 0 Å². The van der Waals surface area contributed by atoms with E-state index in [1.807, 2.05) is 0 Å². The monoisotopic (exact) mass is 456 g/mol. The quantitative estimate of drug-likeness (QED) is 0.288. The molecule has 0 aromatic heterocycles. The Hall–Kier alpha value is -4.86. The van der Waals surface area contributed by atoms with E-state index in [1.54, 1.807) is 42.5 Å². The summed E-state index contributed by atoms with van der Waals surface area (Å²) in [7, 11) is 0. The molecule has 3 rings (SSSR count). The number of para-hydroxylation sites is 1. The summed E-state index contributed by atoms with van der Waals surface area (Å²) in [6.07, 6.45) is 0. The van der Waals surface area contributed by atoms with Crippen LogP contribution in [0.1, 0.15) is 38.0 Å². The fraction of sp³-hybridized carbons (Fsp3) is 0.0435. The van der Waals surface area contributed by atoms with Crippen molar-refractivity contribution in [1.82, 2.24) is 0 Å². The summed E-state index contributed by atoms with van der Waals surface area (Å²) >= 11 is 0. The van der Waals surface area contributed by atoms with Gasteiger partial charge in [0, 0.05) is 6.92 Å². The predicted molar refractivity (Wildman–Crippen MR) is 115 cm³/mol.